The van der Waals surface area contributed by atoms with Gasteiger partial charge >= 0.3 is 0 Å². The third-order valence-electron chi connectivity index (χ3n) is 6.79. The molecule has 0 bridgehead atoms. The highest BCUT2D eigenvalue weighted by Crippen LogP contribution is 2.30. The Kier molecular flexibility index (Phi) is 13.8. The van der Waals surface area contributed by atoms with E-state index in [0.717, 1.165) is 19.3 Å². The van der Waals surface area contributed by atoms with E-state index in [2.05, 4.69) is 6.92 Å². The largest absolute Gasteiger partial charge is 0.394 e. The summed E-state index contributed by atoms with van der Waals surface area (Å²) in [6, 6.07) is 0. The number of rotatable bonds is 15. The molecular weight excluding hydrogens is 464 g/mol. The van der Waals surface area contributed by atoms with Gasteiger partial charge in [0.15, 0.2) is 12.6 Å². The molecule has 2 rings (SSSR count). The molecule has 0 spiro atoms. The van der Waals surface area contributed by atoms with Crippen LogP contribution in [0.25, 0.3) is 0 Å². The molecule has 0 aliphatic carbocycles. The summed E-state index contributed by atoms with van der Waals surface area (Å²) >= 11 is 0. The van der Waals surface area contributed by atoms with E-state index in [1.807, 2.05) is 6.92 Å². The van der Waals surface area contributed by atoms with E-state index in [0.29, 0.717) is 0 Å². The van der Waals surface area contributed by atoms with Gasteiger partial charge in [-0.2, -0.15) is 0 Å². The molecule has 7 N–H and O–H groups in total. The van der Waals surface area contributed by atoms with Gasteiger partial charge in [0.25, 0.3) is 0 Å². The molecule has 0 amide bonds. The Bertz CT molecular complexity index is 564. The van der Waals surface area contributed by atoms with Gasteiger partial charge in [-0.25, -0.2) is 0 Å². The highest BCUT2D eigenvalue weighted by molar-refractivity contribution is 4.94. The molecule has 2 heterocycles. The van der Waals surface area contributed by atoms with E-state index in [4.69, 9.17) is 18.9 Å². The van der Waals surface area contributed by atoms with Crippen LogP contribution in [0.1, 0.15) is 71.6 Å². The molecule has 0 unspecified atom stereocenters. The zero-order valence-electron chi connectivity index (χ0n) is 20.9. The average molecular weight is 511 g/mol. The van der Waals surface area contributed by atoms with Crippen molar-refractivity contribution >= 4 is 0 Å². The molecule has 0 aromatic rings. The topological polar surface area (TPSA) is 179 Å². The molecule has 11 atom stereocenters. The van der Waals surface area contributed by atoms with E-state index in [1.54, 1.807) is 0 Å². The number of hydrogen-bond donors (Lipinski definition) is 7. The molecule has 2 saturated heterocycles. The van der Waals surface area contributed by atoms with E-state index in [-0.39, 0.29) is 6.10 Å². The van der Waals surface area contributed by atoms with E-state index < -0.39 is 74.6 Å². The van der Waals surface area contributed by atoms with Gasteiger partial charge in [-0.3, -0.25) is 0 Å². The Morgan fingerprint density at radius 3 is 1.80 bits per heavy atom. The van der Waals surface area contributed by atoms with Crippen molar-refractivity contribution in [1.82, 2.24) is 0 Å². The van der Waals surface area contributed by atoms with Gasteiger partial charge in [-0.05, 0) is 13.3 Å². The molecule has 35 heavy (non-hydrogen) atoms. The molecule has 2 aliphatic heterocycles. The van der Waals surface area contributed by atoms with Crippen molar-refractivity contribution in [1.29, 1.82) is 0 Å². The molecule has 208 valence electrons. The Hall–Kier alpha value is -0.440. The minimum atomic E-state index is -1.70. The fraction of sp³-hybridized carbons (Fsp3) is 1.00. The van der Waals surface area contributed by atoms with Gasteiger partial charge in [0.05, 0.1) is 19.3 Å². The van der Waals surface area contributed by atoms with Gasteiger partial charge < -0.3 is 54.7 Å². The number of aliphatic hydroxyl groups is 7. The predicted molar refractivity (Wildman–Crippen MR) is 124 cm³/mol. The average Bonchev–Trinajstić information content (AvgIpc) is 2.85. The van der Waals surface area contributed by atoms with Crippen LogP contribution >= 0.6 is 0 Å². The predicted octanol–water partition coefficient (Wildman–Crippen LogP) is -0.454. The van der Waals surface area contributed by atoms with E-state index >= 15 is 0 Å². The summed E-state index contributed by atoms with van der Waals surface area (Å²) in [5.74, 6) is 0. The minimum Gasteiger partial charge on any atom is -0.394 e. The molecule has 0 radical (unpaired) electrons. The summed E-state index contributed by atoms with van der Waals surface area (Å²) < 4.78 is 22.3. The van der Waals surface area contributed by atoms with Gasteiger partial charge in [0, 0.05) is 0 Å². The molecule has 2 fully saturated rings. The van der Waals surface area contributed by atoms with Crippen LogP contribution in [0.4, 0.5) is 0 Å². The number of aliphatic hydroxyl groups excluding tert-OH is 7. The zero-order chi connectivity index (χ0) is 26.0. The maximum Gasteiger partial charge on any atom is 0.187 e. The first-order chi connectivity index (χ1) is 16.7. The lowest BCUT2D eigenvalue weighted by Crippen LogP contribution is -2.64. The second-order valence-electron chi connectivity index (χ2n) is 9.71. The Morgan fingerprint density at radius 2 is 1.20 bits per heavy atom. The van der Waals surface area contributed by atoms with Crippen molar-refractivity contribution in [3.8, 4) is 0 Å². The van der Waals surface area contributed by atoms with Crippen LogP contribution in [0.3, 0.4) is 0 Å². The van der Waals surface area contributed by atoms with Crippen molar-refractivity contribution in [3.05, 3.63) is 0 Å². The maximum atomic E-state index is 10.7. The number of ether oxygens (including phenoxy) is 4. The van der Waals surface area contributed by atoms with Crippen LogP contribution in [0.5, 0.6) is 0 Å². The Balaban J connectivity index is 1.84. The van der Waals surface area contributed by atoms with Crippen molar-refractivity contribution in [2.75, 3.05) is 13.2 Å². The second-order valence-corrected chi connectivity index (χ2v) is 9.71. The van der Waals surface area contributed by atoms with Gasteiger partial charge in [-0.15, -0.1) is 0 Å². The summed E-state index contributed by atoms with van der Waals surface area (Å²) in [5, 5.41) is 70.4. The molecule has 11 heteroatoms. The molecule has 0 aromatic heterocycles. The minimum absolute atomic E-state index is 0.246. The highest BCUT2D eigenvalue weighted by Gasteiger charge is 2.50. The molecule has 0 aromatic carbocycles. The summed E-state index contributed by atoms with van der Waals surface area (Å²) in [7, 11) is 0. The van der Waals surface area contributed by atoms with Crippen molar-refractivity contribution in [2.24, 2.45) is 0 Å². The standard InChI is InChI=1S/C24H46O11/c1-3-4-5-6-7-8-9-10-11-14(2)32-23-21(31)19(29)22(16(13-26)34-23)35-24-20(30)18(28)17(27)15(12-25)33-24/h14-31H,3-13H2,1-2H3/t14-,15+,16+,17+,18-,19+,20+,21+,22+,23+,24+/m0/s1. The maximum absolute atomic E-state index is 10.7. The lowest BCUT2D eigenvalue weighted by atomic mass is 9.97. The van der Waals surface area contributed by atoms with Gasteiger partial charge in [0.2, 0.25) is 0 Å². The zero-order valence-corrected chi connectivity index (χ0v) is 20.9. The van der Waals surface area contributed by atoms with Crippen molar-refractivity contribution in [3.63, 3.8) is 0 Å². The third kappa shape index (κ3) is 8.82. The lowest BCUT2D eigenvalue weighted by molar-refractivity contribution is -0.362. The Morgan fingerprint density at radius 1 is 0.657 bits per heavy atom. The van der Waals surface area contributed by atoms with Crippen LogP contribution in [-0.2, 0) is 18.9 Å². The first-order valence-electron chi connectivity index (χ1n) is 13.0. The fourth-order valence-corrected chi connectivity index (χ4v) is 4.53. The van der Waals surface area contributed by atoms with Gasteiger partial charge in [0.1, 0.15) is 48.8 Å². The molecular formula is C24H46O11. The first-order valence-corrected chi connectivity index (χ1v) is 13.0. The normalized spacial score (nSPS) is 39.0. The Labute approximate surface area is 207 Å². The lowest BCUT2D eigenvalue weighted by Gasteiger charge is -2.46. The smallest absolute Gasteiger partial charge is 0.187 e. The summed E-state index contributed by atoms with van der Waals surface area (Å²) in [6.45, 7) is 2.82. The highest BCUT2D eigenvalue weighted by atomic mass is 16.7. The summed E-state index contributed by atoms with van der Waals surface area (Å²) in [5.41, 5.74) is 0. The van der Waals surface area contributed by atoms with Crippen LogP contribution < -0.4 is 0 Å². The van der Waals surface area contributed by atoms with Crippen LogP contribution in [0, 0.1) is 0 Å². The number of hydrogen-bond acceptors (Lipinski definition) is 11. The van der Waals surface area contributed by atoms with Gasteiger partial charge in [-0.1, -0.05) is 58.3 Å². The molecule has 2 aliphatic rings. The quantitative estimate of drug-likeness (QED) is 0.142. The van der Waals surface area contributed by atoms with Crippen molar-refractivity contribution in [2.45, 2.75) is 139 Å². The van der Waals surface area contributed by atoms with Crippen LogP contribution in [-0.4, -0.2) is 116 Å². The molecule has 0 saturated carbocycles. The fourth-order valence-electron chi connectivity index (χ4n) is 4.53. The van der Waals surface area contributed by atoms with Crippen LogP contribution in [0.2, 0.25) is 0 Å². The molecule has 11 nitrogen and oxygen atoms in total. The monoisotopic (exact) mass is 510 g/mol. The number of unbranched alkanes of at least 4 members (excludes halogenated alkanes) is 7. The van der Waals surface area contributed by atoms with E-state index in [9.17, 15) is 35.7 Å². The summed E-state index contributed by atoms with van der Waals surface area (Å²) in [4.78, 5) is 0. The van der Waals surface area contributed by atoms with Crippen LogP contribution in [0.15, 0.2) is 0 Å². The van der Waals surface area contributed by atoms with Crippen molar-refractivity contribution < 1.29 is 54.7 Å². The summed E-state index contributed by atoms with van der Waals surface area (Å²) in [6.07, 6.45) is -4.40. The first kappa shape index (κ1) is 30.8. The SMILES string of the molecule is CCCCCCCCCC[C@H](C)O[C@@H]1O[C@H](CO)[C@@H](O[C@H]2O[C@H](CO)[C@@H](O)[C@H](O)[C@H]2O)[C@H](O)[C@H]1O. The third-order valence-corrected chi connectivity index (χ3v) is 6.79. The second kappa shape index (κ2) is 15.7. The van der Waals surface area contributed by atoms with E-state index in [1.165, 1.54) is 38.5 Å².